The Balaban J connectivity index is 1.90. The predicted molar refractivity (Wildman–Crippen MR) is 86.1 cm³/mol. The number of nitrogens with zero attached hydrogens (tertiary/aromatic N) is 1. The molecule has 0 spiro atoms. The van der Waals surface area contributed by atoms with E-state index < -0.39 is 0 Å². The SMILES string of the molecule is Cc1cc(C#CCCCl)ccc1OCC1CN(C)CCO1. The summed E-state index contributed by atoms with van der Waals surface area (Å²) in [6.45, 7) is 5.31. The van der Waals surface area contributed by atoms with Crippen LogP contribution in [0.1, 0.15) is 17.5 Å². The first kappa shape index (κ1) is 16.2. The first-order chi connectivity index (χ1) is 10.2. The smallest absolute Gasteiger partial charge is 0.122 e. The van der Waals surface area contributed by atoms with Crippen molar-refractivity contribution in [3.05, 3.63) is 29.3 Å². The van der Waals surface area contributed by atoms with Crippen LogP contribution in [-0.4, -0.2) is 50.2 Å². The van der Waals surface area contributed by atoms with Crippen LogP contribution in [0.25, 0.3) is 0 Å². The van der Waals surface area contributed by atoms with Crippen molar-refractivity contribution in [2.75, 3.05) is 39.2 Å². The molecule has 0 aromatic heterocycles. The van der Waals surface area contributed by atoms with Gasteiger partial charge in [-0.25, -0.2) is 0 Å². The lowest BCUT2D eigenvalue weighted by Crippen LogP contribution is -2.42. The summed E-state index contributed by atoms with van der Waals surface area (Å²) in [6, 6.07) is 6.01. The summed E-state index contributed by atoms with van der Waals surface area (Å²) < 4.78 is 11.6. The number of halogens is 1. The Morgan fingerprint density at radius 1 is 1.48 bits per heavy atom. The second kappa shape index (κ2) is 8.29. The maximum Gasteiger partial charge on any atom is 0.122 e. The van der Waals surface area contributed by atoms with Crippen LogP contribution in [0.4, 0.5) is 0 Å². The molecule has 1 aliphatic heterocycles. The van der Waals surface area contributed by atoms with Crippen LogP contribution in [0.15, 0.2) is 18.2 Å². The summed E-state index contributed by atoms with van der Waals surface area (Å²) in [5, 5.41) is 0. The van der Waals surface area contributed by atoms with E-state index in [9.17, 15) is 0 Å². The quantitative estimate of drug-likeness (QED) is 0.630. The summed E-state index contributed by atoms with van der Waals surface area (Å²) in [5.74, 6) is 7.61. The number of likely N-dealkylation sites (N-methyl/N-ethyl adjacent to an activating group) is 1. The van der Waals surface area contributed by atoms with E-state index in [4.69, 9.17) is 21.1 Å². The molecule has 0 amide bonds. The second-order valence-corrected chi connectivity index (χ2v) is 5.67. The van der Waals surface area contributed by atoms with Crippen molar-refractivity contribution in [2.24, 2.45) is 0 Å². The summed E-state index contributed by atoms with van der Waals surface area (Å²) in [7, 11) is 2.11. The van der Waals surface area contributed by atoms with Crippen LogP contribution in [-0.2, 0) is 4.74 Å². The molecule has 1 fully saturated rings. The number of rotatable bonds is 4. The highest BCUT2D eigenvalue weighted by atomic mass is 35.5. The van der Waals surface area contributed by atoms with Gasteiger partial charge in [0.2, 0.25) is 0 Å². The molecule has 114 valence electrons. The molecule has 1 aliphatic rings. The Morgan fingerprint density at radius 2 is 2.33 bits per heavy atom. The van der Waals surface area contributed by atoms with Gasteiger partial charge >= 0.3 is 0 Å². The molecule has 1 aromatic carbocycles. The third kappa shape index (κ3) is 5.24. The van der Waals surface area contributed by atoms with E-state index in [-0.39, 0.29) is 6.10 Å². The molecule has 0 aliphatic carbocycles. The predicted octanol–water partition coefficient (Wildman–Crippen LogP) is 2.68. The van der Waals surface area contributed by atoms with Crippen LogP contribution >= 0.6 is 11.6 Å². The summed E-state index contributed by atoms with van der Waals surface area (Å²) in [5.41, 5.74) is 2.09. The molecule has 0 N–H and O–H groups in total. The minimum Gasteiger partial charge on any atom is -0.491 e. The Labute approximate surface area is 132 Å². The molecule has 0 bridgehead atoms. The number of morpholine rings is 1. The number of benzene rings is 1. The fourth-order valence-electron chi connectivity index (χ4n) is 2.25. The average molecular weight is 308 g/mol. The van der Waals surface area contributed by atoms with E-state index in [2.05, 4.69) is 23.8 Å². The van der Waals surface area contributed by atoms with E-state index in [1.165, 1.54) is 0 Å². The third-order valence-electron chi connectivity index (χ3n) is 3.39. The summed E-state index contributed by atoms with van der Waals surface area (Å²) in [4.78, 5) is 2.26. The maximum absolute atomic E-state index is 5.88. The fraction of sp³-hybridized carbons (Fsp3) is 0.529. The summed E-state index contributed by atoms with van der Waals surface area (Å²) >= 11 is 5.61. The number of alkyl halides is 1. The molecule has 1 atom stereocenters. The molecule has 4 heteroatoms. The highest BCUT2D eigenvalue weighted by molar-refractivity contribution is 6.18. The van der Waals surface area contributed by atoms with Crippen molar-refractivity contribution in [3.8, 4) is 17.6 Å². The minimum atomic E-state index is 0.145. The van der Waals surface area contributed by atoms with Gasteiger partial charge in [0.1, 0.15) is 18.5 Å². The molecule has 1 aromatic rings. The highest BCUT2D eigenvalue weighted by Gasteiger charge is 2.18. The molecule has 2 rings (SSSR count). The van der Waals surface area contributed by atoms with Gasteiger partial charge in [-0.05, 0) is 37.7 Å². The van der Waals surface area contributed by atoms with Crippen LogP contribution < -0.4 is 4.74 Å². The van der Waals surface area contributed by atoms with Crippen molar-refractivity contribution in [1.29, 1.82) is 0 Å². The number of hydrogen-bond donors (Lipinski definition) is 0. The van der Waals surface area contributed by atoms with E-state index in [1.807, 2.05) is 25.1 Å². The van der Waals surface area contributed by atoms with Gasteiger partial charge in [0.15, 0.2) is 0 Å². The van der Waals surface area contributed by atoms with Gasteiger partial charge in [-0.1, -0.05) is 11.8 Å². The van der Waals surface area contributed by atoms with Crippen LogP contribution in [0.3, 0.4) is 0 Å². The van der Waals surface area contributed by atoms with E-state index in [0.717, 1.165) is 36.6 Å². The Kier molecular flexibility index (Phi) is 6.38. The molecular weight excluding hydrogens is 286 g/mol. The lowest BCUT2D eigenvalue weighted by Gasteiger charge is -2.30. The van der Waals surface area contributed by atoms with Crippen molar-refractivity contribution < 1.29 is 9.47 Å². The average Bonchev–Trinajstić information content (AvgIpc) is 2.47. The number of hydrogen-bond acceptors (Lipinski definition) is 3. The van der Waals surface area contributed by atoms with E-state index in [1.54, 1.807) is 0 Å². The van der Waals surface area contributed by atoms with Gasteiger partial charge in [0, 0.05) is 31.0 Å². The maximum atomic E-state index is 5.88. The van der Waals surface area contributed by atoms with Gasteiger partial charge in [0.25, 0.3) is 0 Å². The van der Waals surface area contributed by atoms with Crippen LogP contribution in [0, 0.1) is 18.8 Å². The molecule has 0 radical (unpaired) electrons. The first-order valence-electron chi connectivity index (χ1n) is 7.27. The van der Waals surface area contributed by atoms with E-state index in [0.29, 0.717) is 18.9 Å². The fourth-order valence-corrected chi connectivity index (χ4v) is 2.35. The third-order valence-corrected chi connectivity index (χ3v) is 3.58. The molecule has 0 saturated carbocycles. The van der Waals surface area contributed by atoms with E-state index >= 15 is 0 Å². The molecule has 1 heterocycles. The molecule has 21 heavy (non-hydrogen) atoms. The first-order valence-corrected chi connectivity index (χ1v) is 7.81. The Bertz CT molecular complexity index is 521. The molecular formula is C17H22ClNO2. The second-order valence-electron chi connectivity index (χ2n) is 5.29. The zero-order chi connectivity index (χ0) is 15.1. The molecule has 3 nitrogen and oxygen atoms in total. The van der Waals surface area contributed by atoms with Gasteiger partial charge in [-0.3, -0.25) is 0 Å². The van der Waals surface area contributed by atoms with Crippen LogP contribution in [0.5, 0.6) is 5.75 Å². The minimum absolute atomic E-state index is 0.145. The van der Waals surface area contributed by atoms with Gasteiger partial charge in [0.05, 0.1) is 6.61 Å². The zero-order valence-corrected chi connectivity index (χ0v) is 13.4. The summed E-state index contributed by atoms with van der Waals surface area (Å²) in [6.07, 6.45) is 0.858. The molecule has 1 saturated heterocycles. The normalized spacial score (nSPS) is 18.9. The lowest BCUT2D eigenvalue weighted by molar-refractivity contribution is -0.0404. The highest BCUT2D eigenvalue weighted by Crippen LogP contribution is 2.19. The Hall–Kier alpha value is -1.21. The zero-order valence-electron chi connectivity index (χ0n) is 12.7. The lowest BCUT2D eigenvalue weighted by atomic mass is 10.1. The monoisotopic (exact) mass is 307 g/mol. The number of ether oxygens (including phenoxy) is 2. The Morgan fingerprint density at radius 3 is 3.05 bits per heavy atom. The standard InChI is InChI=1S/C17H22ClNO2/c1-14-11-15(5-3-4-8-18)6-7-17(14)21-13-16-12-19(2)9-10-20-16/h6-7,11,16H,4,8-10,12-13H2,1-2H3. The van der Waals surface area contributed by atoms with Crippen LogP contribution in [0.2, 0.25) is 0 Å². The topological polar surface area (TPSA) is 21.7 Å². The van der Waals surface area contributed by atoms with Gasteiger partial charge in [-0.15, -0.1) is 11.6 Å². The number of aryl methyl sites for hydroxylation is 1. The van der Waals surface area contributed by atoms with Crippen molar-refractivity contribution in [2.45, 2.75) is 19.4 Å². The van der Waals surface area contributed by atoms with Crippen molar-refractivity contribution in [3.63, 3.8) is 0 Å². The van der Waals surface area contributed by atoms with Crippen molar-refractivity contribution >= 4 is 11.6 Å². The van der Waals surface area contributed by atoms with Gasteiger partial charge < -0.3 is 14.4 Å². The van der Waals surface area contributed by atoms with Gasteiger partial charge in [-0.2, -0.15) is 0 Å². The van der Waals surface area contributed by atoms with Crippen molar-refractivity contribution in [1.82, 2.24) is 4.90 Å². The largest absolute Gasteiger partial charge is 0.491 e. The molecule has 1 unspecified atom stereocenters.